The predicted molar refractivity (Wildman–Crippen MR) is 88.0 cm³/mol. The fraction of sp³-hybridized carbons (Fsp3) is 0.611. The van der Waals surface area contributed by atoms with Gasteiger partial charge in [-0.05, 0) is 50.5 Å². The van der Waals surface area contributed by atoms with Gasteiger partial charge in [0.2, 0.25) is 0 Å². The Labute approximate surface area is 158 Å². The summed E-state index contributed by atoms with van der Waals surface area (Å²) in [7, 11) is 0. The smallest absolute Gasteiger partial charge is 0.287 e. The Morgan fingerprint density at radius 2 is 1.75 bits per heavy atom. The van der Waals surface area contributed by atoms with Crippen molar-refractivity contribution in [1.82, 2.24) is 20.2 Å². The number of alkyl halides is 2. The summed E-state index contributed by atoms with van der Waals surface area (Å²) in [6, 6.07) is 2.08. The van der Waals surface area contributed by atoms with Crippen molar-refractivity contribution in [2.45, 2.75) is 56.8 Å². The first kappa shape index (κ1) is 19.3. The first-order valence-corrected chi connectivity index (χ1v) is 8.85. The molecule has 3 aliphatic rings. The second kappa shape index (κ2) is 5.50. The van der Waals surface area contributed by atoms with Crippen LogP contribution in [0.1, 0.15) is 38.7 Å². The standard InChI is InChI=1S/C18H20F4N4O2/c1-14(2,27)15-6-16(7-15,8-15)18(21,22)17(28,9-26-24-10-23-25-26)12-4-3-11(19)5-13(12)20/h3-5,10,27-28H,6-9H2,1-2H3. The molecular weight excluding hydrogens is 380 g/mol. The molecule has 2 aromatic rings. The summed E-state index contributed by atoms with van der Waals surface area (Å²) in [5.74, 6) is -6.03. The van der Waals surface area contributed by atoms with E-state index in [-0.39, 0.29) is 19.3 Å². The number of halogens is 4. The number of rotatable bonds is 6. The van der Waals surface area contributed by atoms with E-state index in [1.807, 2.05) is 0 Å². The van der Waals surface area contributed by atoms with E-state index in [4.69, 9.17) is 0 Å². The third kappa shape index (κ3) is 2.30. The van der Waals surface area contributed by atoms with Crippen LogP contribution in [0.2, 0.25) is 0 Å². The molecule has 0 aliphatic heterocycles. The van der Waals surface area contributed by atoms with Gasteiger partial charge in [-0.2, -0.15) is 4.80 Å². The monoisotopic (exact) mass is 400 g/mol. The van der Waals surface area contributed by atoms with Crippen LogP contribution in [0.25, 0.3) is 0 Å². The molecule has 28 heavy (non-hydrogen) atoms. The SMILES string of the molecule is CC(C)(O)C12CC(C(F)(F)C(O)(Cn3ncnn3)c3ccc(F)cc3F)(C1)C2. The van der Waals surface area contributed by atoms with Gasteiger partial charge in [-0.3, -0.25) is 0 Å². The Balaban J connectivity index is 1.76. The van der Waals surface area contributed by atoms with E-state index >= 15 is 8.78 Å². The normalized spacial score (nSPS) is 29.0. The lowest BCUT2D eigenvalue weighted by Gasteiger charge is -2.77. The Morgan fingerprint density at radius 1 is 1.11 bits per heavy atom. The van der Waals surface area contributed by atoms with Gasteiger partial charge in [-0.1, -0.05) is 0 Å². The summed E-state index contributed by atoms with van der Waals surface area (Å²) in [5.41, 5.74) is -7.15. The third-order valence-corrected chi connectivity index (χ3v) is 6.65. The lowest BCUT2D eigenvalue weighted by Crippen LogP contribution is -2.78. The molecule has 3 saturated carbocycles. The molecule has 0 spiro atoms. The van der Waals surface area contributed by atoms with E-state index in [0.717, 1.165) is 23.3 Å². The van der Waals surface area contributed by atoms with Gasteiger partial charge in [0, 0.05) is 22.5 Å². The highest BCUT2D eigenvalue weighted by atomic mass is 19.3. The van der Waals surface area contributed by atoms with Crippen LogP contribution in [0.3, 0.4) is 0 Å². The molecule has 2 bridgehead atoms. The van der Waals surface area contributed by atoms with E-state index in [1.165, 1.54) is 0 Å². The first-order chi connectivity index (χ1) is 12.9. The average Bonchev–Trinajstić information content (AvgIpc) is 2.94. The molecule has 3 fully saturated rings. The zero-order valence-corrected chi connectivity index (χ0v) is 15.3. The lowest BCUT2D eigenvalue weighted by atomic mass is 9.28. The summed E-state index contributed by atoms with van der Waals surface area (Å²) in [6.07, 6.45) is 0.981. The first-order valence-electron chi connectivity index (χ1n) is 8.85. The second-order valence-corrected chi connectivity index (χ2v) is 8.68. The van der Waals surface area contributed by atoms with Crippen LogP contribution < -0.4 is 0 Å². The summed E-state index contributed by atoms with van der Waals surface area (Å²) in [5, 5.41) is 32.0. The van der Waals surface area contributed by atoms with Crippen molar-refractivity contribution in [3.05, 3.63) is 41.7 Å². The van der Waals surface area contributed by atoms with Gasteiger partial charge < -0.3 is 10.2 Å². The predicted octanol–water partition coefficient (Wildman–Crippen LogP) is 2.42. The molecule has 6 nitrogen and oxygen atoms in total. The van der Waals surface area contributed by atoms with Gasteiger partial charge >= 0.3 is 0 Å². The van der Waals surface area contributed by atoms with Crippen LogP contribution in [-0.4, -0.2) is 41.9 Å². The second-order valence-electron chi connectivity index (χ2n) is 8.68. The highest BCUT2D eigenvalue weighted by Crippen LogP contribution is 2.82. The summed E-state index contributed by atoms with van der Waals surface area (Å²) in [6.45, 7) is 2.28. The van der Waals surface area contributed by atoms with Crippen molar-refractivity contribution in [3.63, 3.8) is 0 Å². The molecule has 1 unspecified atom stereocenters. The zero-order valence-electron chi connectivity index (χ0n) is 15.3. The topological polar surface area (TPSA) is 84.1 Å². The van der Waals surface area contributed by atoms with Gasteiger partial charge in [-0.25, -0.2) is 17.6 Å². The molecule has 1 heterocycles. The van der Waals surface area contributed by atoms with Gasteiger partial charge in [-0.15, -0.1) is 10.2 Å². The van der Waals surface area contributed by atoms with Crippen LogP contribution in [0.4, 0.5) is 17.6 Å². The number of benzene rings is 1. The minimum absolute atomic E-state index is 0.00753. The molecule has 0 radical (unpaired) electrons. The number of nitrogens with zero attached hydrogens (tertiary/aromatic N) is 4. The van der Waals surface area contributed by atoms with Crippen LogP contribution in [0.15, 0.2) is 24.5 Å². The molecule has 1 atom stereocenters. The highest BCUT2D eigenvalue weighted by molar-refractivity contribution is 5.34. The Kier molecular flexibility index (Phi) is 3.78. The lowest BCUT2D eigenvalue weighted by molar-refractivity contribution is -0.398. The largest absolute Gasteiger partial charge is 0.390 e. The molecule has 1 aromatic carbocycles. The maximum atomic E-state index is 15.8. The van der Waals surface area contributed by atoms with E-state index in [2.05, 4.69) is 15.4 Å². The van der Waals surface area contributed by atoms with E-state index in [9.17, 15) is 19.0 Å². The minimum Gasteiger partial charge on any atom is -0.390 e. The molecule has 2 N–H and O–H groups in total. The molecule has 0 saturated heterocycles. The van der Waals surface area contributed by atoms with Gasteiger partial charge in [0.1, 0.15) is 18.2 Å². The Morgan fingerprint density at radius 3 is 2.25 bits per heavy atom. The molecule has 3 aliphatic carbocycles. The average molecular weight is 400 g/mol. The number of hydrogen-bond donors (Lipinski definition) is 2. The van der Waals surface area contributed by atoms with Crippen molar-refractivity contribution in [3.8, 4) is 0 Å². The van der Waals surface area contributed by atoms with Crippen molar-refractivity contribution in [2.24, 2.45) is 10.8 Å². The molecule has 152 valence electrons. The number of aromatic nitrogens is 4. The van der Waals surface area contributed by atoms with Crippen molar-refractivity contribution >= 4 is 0 Å². The fourth-order valence-corrected chi connectivity index (χ4v) is 4.85. The zero-order chi connectivity index (χ0) is 20.6. The maximum Gasteiger partial charge on any atom is 0.287 e. The van der Waals surface area contributed by atoms with Gasteiger partial charge in [0.05, 0.1) is 5.60 Å². The number of aliphatic hydroxyl groups is 2. The molecule has 1 aromatic heterocycles. The van der Waals surface area contributed by atoms with Crippen LogP contribution in [0.5, 0.6) is 0 Å². The van der Waals surface area contributed by atoms with Gasteiger partial charge in [0.15, 0.2) is 11.9 Å². The molecule has 10 heteroatoms. The van der Waals surface area contributed by atoms with E-state index < -0.39 is 51.7 Å². The maximum absolute atomic E-state index is 15.8. The fourth-order valence-electron chi connectivity index (χ4n) is 4.85. The van der Waals surface area contributed by atoms with E-state index in [1.54, 1.807) is 13.8 Å². The molecule has 5 rings (SSSR count). The van der Waals surface area contributed by atoms with Crippen molar-refractivity contribution in [1.29, 1.82) is 0 Å². The van der Waals surface area contributed by atoms with Crippen LogP contribution in [0, 0.1) is 22.5 Å². The number of hydrogen-bond acceptors (Lipinski definition) is 5. The van der Waals surface area contributed by atoms with Crippen molar-refractivity contribution in [2.75, 3.05) is 0 Å². The quantitative estimate of drug-likeness (QED) is 0.728. The third-order valence-electron chi connectivity index (χ3n) is 6.65. The summed E-state index contributed by atoms with van der Waals surface area (Å²) >= 11 is 0. The minimum atomic E-state index is -3.79. The molecular formula is C18H20F4N4O2. The highest BCUT2D eigenvalue weighted by Gasteiger charge is 2.84. The van der Waals surface area contributed by atoms with Crippen LogP contribution >= 0.6 is 0 Å². The number of tetrazole rings is 1. The molecule has 0 amide bonds. The van der Waals surface area contributed by atoms with Gasteiger partial charge in [0.25, 0.3) is 5.92 Å². The Bertz CT molecular complexity index is 893. The van der Waals surface area contributed by atoms with Crippen molar-refractivity contribution < 1.29 is 27.8 Å². The summed E-state index contributed by atoms with van der Waals surface area (Å²) in [4.78, 5) is 0.744. The van der Waals surface area contributed by atoms with E-state index in [0.29, 0.717) is 6.07 Å². The summed E-state index contributed by atoms with van der Waals surface area (Å²) < 4.78 is 59.3. The Hall–Kier alpha value is -2.07. The van der Waals surface area contributed by atoms with Crippen LogP contribution in [-0.2, 0) is 12.1 Å².